The number of primary amides is 1. The average molecular weight is 339 g/mol. The first-order valence-corrected chi connectivity index (χ1v) is 8.46. The van der Waals surface area contributed by atoms with E-state index in [1.54, 1.807) is 0 Å². The summed E-state index contributed by atoms with van der Waals surface area (Å²) in [6, 6.07) is -1.47. The molecule has 2 aliphatic rings. The molecular formula is C16H25N3O5. The highest BCUT2D eigenvalue weighted by atomic mass is 16.4. The van der Waals surface area contributed by atoms with Gasteiger partial charge < -0.3 is 21.1 Å². The number of carbonyl (C=O) groups is 4. The lowest BCUT2D eigenvalue weighted by atomic mass is 9.78. The van der Waals surface area contributed by atoms with Crippen molar-refractivity contribution in [3.8, 4) is 0 Å². The molecule has 134 valence electrons. The van der Waals surface area contributed by atoms with E-state index < -0.39 is 41.7 Å². The van der Waals surface area contributed by atoms with Crippen LogP contribution in [0.4, 0.5) is 0 Å². The van der Waals surface area contributed by atoms with Gasteiger partial charge >= 0.3 is 5.97 Å². The zero-order valence-corrected chi connectivity index (χ0v) is 13.9. The fourth-order valence-electron chi connectivity index (χ4n) is 3.62. The molecule has 8 nitrogen and oxygen atoms in total. The number of likely N-dealkylation sites (tertiary alicyclic amines) is 1. The van der Waals surface area contributed by atoms with Crippen molar-refractivity contribution < 1.29 is 24.3 Å². The van der Waals surface area contributed by atoms with E-state index in [0.29, 0.717) is 32.2 Å². The molecule has 0 aromatic carbocycles. The van der Waals surface area contributed by atoms with Crippen LogP contribution in [0, 0.1) is 11.8 Å². The minimum absolute atomic E-state index is 0.258. The van der Waals surface area contributed by atoms with Crippen molar-refractivity contribution in [3.05, 3.63) is 0 Å². The minimum Gasteiger partial charge on any atom is -0.481 e. The number of nitrogens with one attached hydrogen (secondary N) is 1. The predicted molar refractivity (Wildman–Crippen MR) is 84.6 cm³/mol. The summed E-state index contributed by atoms with van der Waals surface area (Å²) in [7, 11) is 0. The number of nitrogens with zero attached hydrogens (tertiary/aromatic N) is 1. The molecule has 24 heavy (non-hydrogen) atoms. The smallest absolute Gasteiger partial charge is 0.307 e. The molecule has 1 saturated carbocycles. The Labute approximate surface area is 140 Å². The molecule has 0 unspecified atom stereocenters. The monoisotopic (exact) mass is 339 g/mol. The van der Waals surface area contributed by atoms with Crippen LogP contribution < -0.4 is 11.1 Å². The van der Waals surface area contributed by atoms with Crippen LogP contribution in [0.2, 0.25) is 0 Å². The highest BCUT2D eigenvalue weighted by Gasteiger charge is 2.42. The summed E-state index contributed by atoms with van der Waals surface area (Å²) in [4.78, 5) is 49.2. The zero-order valence-electron chi connectivity index (χ0n) is 13.9. The van der Waals surface area contributed by atoms with Gasteiger partial charge in [-0.1, -0.05) is 12.8 Å². The molecule has 8 heteroatoms. The van der Waals surface area contributed by atoms with Crippen LogP contribution in [-0.2, 0) is 19.2 Å². The van der Waals surface area contributed by atoms with Gasteiger partial charge in [-0.2, -0.15) is 0 Å². The normalized spacial score (nSPS) is 28.2. The van der Waals surface area contributed by atoms with E-state index in [2.05, 4.69) is 5.32 Å². The molecule has 2 rings (SSSR count). The largest absolute Gasteiger partial charge is 0.481 e. The van der Waals surface area contributed by atoms with Crippen molar-refractivity contribution in [1.82, 2.24) is 10.2 Å². The van der Waals surface area contributed by atoms with Crippen LogP contribution in [0.25, 0.3) is 0 Å². The fraction of sp³-hybridized carbons (Fsp3) is 0.750. The second-order valence-electron chi connectivity index (χ2n) is 6.66. The highest BCUT2D eigenvalue weighted by molar-refractivity contribution is 5.93. The van der Waals surface area contributed by atoms with E-state index in [0.717, 1.165) is 12.8 Å². The number of nitrogens with two attached hydrogens (primary N) is 1. The number of carboxylic acids is 1. The third kappa shape index (κ3) is 3.85. The Kier molecular flexibility index (Phi) is 5.80. The van der Waals surface area contributed by atoms with E-state index in [-0.39, 0.29) is 5.91 Å². The molecular weight excluding hydrogens is 314 g/mol. The van der Waals surface area contributed by atoms with E-state index in [1.807, 2.05) is 0 Å². The van der Waals surface area contributed by atoms with Gasteiger partial charge in [0.2, 0.25) is 17.7 Å². The summed E-state index contributed by atoms with van der Waals surface area (Å²) in [5, 5.41) is 11.9. The van der Waals surface area contributed by atoms with Crippen molar-refractivity contribution in [3.63, 3.8) is 0 Å². The van der Waals surface area contributed by atoms with Gasteiger partial charge in [0.15, 0.2) is 0 Å². The molecule has 3 amide bonds. The second kappa shape index (κ2) is 7.63. The standard InChI is InChI=1S/C16H25N3O5/c1-9(13(17)20)18-14(21)12-7-4-8-19(12)15(22)10-5-2-3-6-11(10)16(23)24/h9-12H,2-8H2,1H3,(H2,17,20)(H,18,21)(H,23,24)/t9-,10-,11+,12-/m0/s1. The number of hydrogen-bond acceptors (Lipinski definition) is 4. The fourth-order valence-corrected chi connectivity index (χ4v) is 3.62. The van der Waals surface area contributed by atoms with Crippen molar-refractivity contribution in [2.75, 3.05) is 6.54 Å². The van der Waals surface area contributed by atoms with Gasteiger partial charge in [0, 0.05) is 6.54 Å². The number of carboxylic acid groups (broad SMARTS) is 1. The lowest BCUT2D eigenvalue weighted by molar-refractivity contribution is -0.153. The first-order chi connectivity index (χ1) is 11.3. The minimum atomic E-state index is -0.949. The third-order valence-corrected chi connectivity index (χ3v) is 5.02. The second-order valence-corrected chi connectivity index (χ2v) is 6.66. The lowest BCUT2D eigenvalue weighted by Gasteiger charge is -2.33. The Balaban J connectivity index is 2.08. The zero-order chi connectivity index (χ0) is 17.9. The van der Waals surface area contributed by atoms with Crippen molar-refractivity contribution >= 4 is 23.7 Å². The Morgan fingerprint density at radius 3 is 2.29 bits per heavy atom. The van der Waals surface area contributed by atoms with Crippen molar-refractivity contribution in [1.29, 1.82) is 0 Å². The van der Waals surface area contributed by atoms with Crippen molar-refractivity contribution in [2.45, 2.75) is 57.5 Å². The molecule has 1 saturated heterocycles. The van der Waals surface area contributed by atoms with Gasteiger partial charge in [0.25, 0.3) is 0 Å². The first-order valence-electron chi connectivity index (χ1n) is 8.46. The molecule has 1 heterocycles. The van der Waals surface area contributed by atoms with Gasteiger partial charge in [-0.15, -0.1) is 0 Å². The summed E-state index contributed by atoms with van der Waals surface area (Å²) >= 11 is 0. The summed E-state index contributed by atoms with van der Waals surface area (Å²) in [6.07, 6.45) is 3.85. The van der Waals surface area contributed by atoms with E-state index in [1.165, 1.54) is 11.8 Å². The maximum atomic E-state index is 12.8. The molecule has 2 fully saturated rings. The SMILES string of the molecule is C[C@H](NC(=O)[C@@H]1CCCN1C(=O)[C@H]1CCCC[C@H]1C(=O)O)C(N)=O. The van der Waals surface area contributed by atoms with Gasteiger partial charge in [0.05, 0.1) is 11.8 Å². The van der Waals surface area contributed by atoms with Crippen LogP contribution in [0.3, 0.4) is 0 Å². The Morgan fingerprint density at radius 1 is 1.08 bits per heavy atom. The summed E-state index contributed by atoms with van der Waals surface area (Å²) in [5.74, 6) is -3.51. The molecule has 4 N–H and O–H groups in total. The quantitative estimate of drug-likeness (QED) is 0.642. The molecule has 1 aliphatic heterocycles. The Bertz CT molecular complexity index is 536. The van der Waals surface area contributed by atoms with E-state index >= 15 is 0 Å². The number of carbonyl (C=O) groups excluding carboxylic acids is 3. The third-order valence-electron chi connectivity index (χ3n) is 5.02. The molecule has 0 radical (unpaired) electrons. The van der Waals surface area contributed by atoms with Crippen molar-refractivity contribution in [2.24, 2.45) is 17.6 Å². The van der Waals surface area contributed by atoms with Gasteiger partial charge in [-0.05, 0) is 32.6 Å². The molecule has 0 aromatic rings. The Morgan fingerprint density at radius 2 is 1.71 bits per heavy atom. The van der Waals surface area contributed by atoms with Crippen LogP contribution >= 0.6 is 0 Å². The number of aliphatic carboxylic acids is 1. The number of hydrogen-bond donors (Lipinski definition) is 3. The predicted octanol–water partition coefficient (Wildman–Crippen LogP) is -0.142. The molecule has 0 spiro atoms. The maximum absolute atomic E-state index is 12.8. The maximum Gasteiger partial charge on any atom is 0.307 e. The summed E-state index contributed by atoms with van der Waals surface area (Å²) < 4.78 is 0. The summed E-state index contributed by atoms with van der Waals surface area (Å²) in [5.41, 5.74) is 5.15. The van der Waals surface area contributed by atoms with Gasteiger partial charge in [0.1, 0.15) is 12.1 Å². The van der Waals surface area contributed by atoms with Crippen LogP contribution in [0.15, 0.2) is 0 Å². The topological polar surface area (TPSA) is 130 Å². The van der Waals surface area contributed by atoms with E-state index in [9.17, 15) is 24.3 Å². The lowest BCUT2D eigenvalue weighted by Crippen LogP contribution is -2.53. The van der Waals surface area contributed by atoms with Gasteiger partial charge in [-0.25, -0.2) is 0 Å². The average Bonchev–Trinajstić information content (AvgIpc) is 3.03. The van der Waals surface area contributed by atoms with Crippen LogP contribution in [-0.4, -0.2) is 52.3 Å². The molecule has 0 bridgehead atoms. The molecule has 0 aromatic heterocycles. The van der Waals surface area contributed by atoms with Crippen LogP contribution in [0.5, 0.6) is 0 Å². The molecule has 4 atom stereocenters. The Hall–Kier alpha value is -2.12. The van der Waals surface area contributed by atoms with Crippen LogP contribution in [0.1, 0.15) is 45.4 Å². The number of amides is 3. The summed E-state index contributed by atoms with van der Waals surface area (Å²) in [6.45, 7) is 1.92. The highest BCUT2D eigenvalue weighted by Crippen LogP contribution is 2.33. The van der Waals surface area contributed by atoms with E-state index in [4.69, 9.17) is 5.73 Å². The first kappa shape index (κ1) is 18.2. The number of rotatable bonds is 5. The van der Waals surface area contributed by atoms with Gasteiger partial charge in [-0.3, -0.25) is 19.2 Å². The molecule has 1 aliphatic carbocycles.